The van der Waals surface area contributed by atoms with E-state index in [-0.39, 0.29) is 5.69 Å². The highest BCUT2D eigenvalue weighted by atomic mass is 19.4. The molecule has 1 rings (SSSR count). The van der Waals surface area contributed by atoms with E-state index in [0.717, 1.165) is 0 Å². The summed E-state index contributed by atoms with van der Waals surface area (Å²) in [6.07, 6.45) is -4.88. The second-order valence-electron chi connectivity index (χ2n) is 3.37. The fourth-order valence-electron chi connectivity index (χ4n) is 1.25. The number of carbonyl (C=O) groups is 1. The van der Waals surface area contributed by atoms with Crippen molar-refractivity contribution in [2.24, 2.45) is 0 Å². The number of rotatable bonds is 3. The number of aryl methyl sites for hydroxylation is 1. The van der Waals surface area contributed by atoms with E-state index in [4.69, 9.17) is 4.74 Å². The summed E-state index contributed by atoms with van der Waals surface area (Å²) in [6.45, 7) is 3.96. The summed E-state index contributed by atoms with van der Waals surface area (Å²) in [5.74, 6) is -1.40. The lowest BCUT2D eigenvalue weighted by Gasteiger charge is -2.11. The third-order valence-corrected chi connectivity index (χ3v) is 1.99. The first-order chi connectivity index (χ1) is 7.84. The van der Waals surface area contributed by atoms with Gasteiger partial charge in [0.1, 0.15) is 5.75 Å². The molecule has 0 bridgehead atoms. The van der Waals surface area contributed by atoms with Crippen LogP contribution in [0.4, 0.5) is 18.9 Å². The van der Waals surface area contributed by atoms with Gasteiger partial charge in [0, 0.05) is 5.69 Å². The van der Waals surface area contributed by atoms with Gasteiger partial charge in [0.2, 0.25) is 0 Å². The Hall–Kier alpha value is -1.72. The largest absolute Gasteiger partial charge is 0.494 e. The van der Waals surface area contributed by atoms with Crippen LogP contribution in [0, 0.1) is 6.92 Å². The highest BCUT2D eigenvalue weighted by Gasteiger charge is 2.38. The number of benzene rings is 1. The molecule has 94 valence electrons. The molecular formula is C11H12F3NO2. The van der Waals surface area contributed by atoms with E-state index in [2.05, 4.69) is 0 Å². The molecule has 1 N–H and O–H groups in total. The molecule has 0 heterocycles. The van der Waals surface area contributed by atoms with Gasteiger partial charge in [-0.15, -0.1) is 0 Å². The van der Waals surface area contributed by atoms with Crippen molar-refractivity contribution in [3.8, 4) is 5.75 Å². The average Bonchev–Trinajstić information content (AvgIpc) is 2.21. The molecule has 3 nitrogen and oxygen atoms in total. The van der Waals surface area contributed by atoms with E-state index in [9.17, 15) is 18.0 Å². The van der Waals surface area contributed by atoms with Crippen LogP contribution in [-0.4, -0.2) is 18.7 Å². The van der Waals surface area contributed by atoms with Crippen molar-refractivity contribution >= 4 is 11.6 Å². The lowest BCUT2D eigenvalue weighted by molar-refractivity contribution is -0.167. The Labute approximate surface area is 96.6 Å². The van der Waals surface area contributed by atoms with Gasteiger partial charge in [0.15, 0.2) is 0 Å². The topological polar surface area (TPSA) is 38.3 Å². The number of hydrogen-bond donors (Lipinski definition) is 1. The second-order valence-corrected chi connectivity index (χ2v) is 3.37. The van der Waals surface area contributed by atoms with Crippen molar-refractivity contribution in [1.29, 1.82) is 0 Å². The number of amides is 1. The van der Waals surface area contributed by atoms with Crippen LogP contribution in [0.2, 0.25) is 0 Å². The van der Waals surface area contributed by atoms with E-state index >= 15 is 0 Å². The van der Waals surface area contributed by atoms with Crippen molar-refractivity contribution in [3.05, 3.63) is 23.8 Å². The molecule has 6 heteroatoms. The van der Waals surface area contributed by atoms with E-state index < -0.39 is 12.1 Å². The van der Waals surface area contributed by atoms with Crippen LogP contribution in [0.25, 0.3) is 0 Å². The van der Waals surface area contributed by atoms with Crippen LogP contribution in [0.1, 0.15) is 12.5 Å². The van der Waals surface area contributed by atoms with Gasteiger partial charge in [-0.05, 0) is 37.6 Å². The molecule has 0 aliphatic rings. The lowest BCUT2D eigenvalue weighted by Crippen LogP contribution is -2.29. The standard InChI is InChI=1S/C11H12F3NO2/c1-3-17-9-5-4-8(6-7(9)2)15-10(16)11(12,13)14/h4-6H,3H2,1-2H3,(H,15,16). The first-order valence-corrected chi connectivity index (χ1v) is 4.96. The maximum atomic E-state index is 12.0. The lowest BCUT2D eigenvalue weighted by atomic mass is 10.2. The van der Waals surface area contributed by atoms with Gasteiger partial charge in [0.05, 0.1) is 6.61 Å². The van der Waals surface area contributed by atoms with Crippen molar-refractivity contribution in [3.63, 3.8) is 0 Å². The third kappa shape index (κ3) is 3.65. The van der Waals surface area contributed by atoms with E-state index in [1.165, 1.54) is 18.2 Å². The summed E-state index contributed by atoms with van der Waals surface area (Å²) in [6, 6.07) is 4.31. The first-order valence-electron chi connectivity index (χ1n) is 4.96. The Morgan fingerprint density at radius 2 is 2.06 bits per heavy atom. The van der Waals surface area contributed by atoms with Crippen molar-refractivity contribution in [1.82, 2.24) is 0 Å². The minimum Gasteiger partial charge on any atom is -0.494 e. The number of carbonyl (C=O) groups excluding carboxylic acids is 1. The molecule has 0 aromatic heterocycles. The predicted molar refractivity (Wildman–Crippen MR) is 57.0 cm³/mol. The Bertz CT molecular complexity index is 416. The van der Waals surface area contributed by atoms with Crippen LogP contribution in [-0.2, 0) is 4.79 Å². The molecule has 1 aromatic carbocycles. The van der Waals surface area contributed by atoms with Crippen LogP contribution >= 0.6 is 0 Å². The maximum absolute atomic E-state index is 12.0. The number of ether oxygens (including phenoxy) is 1. The minimum absolute atomic E-state index is 0.0910. The van der Waals surface area contributed by atoms with Gasteiger partial charge in [-0.25, -0.2) is 0 Å². The molecule has 0 unspecified atom stereocenters. The van der Waals surface area contributed by atoms with Crippen LogP contribution in [0.15, 0.2) is 18.2 Å². The highest BCUT2D eigenvalue weighted by Crippen LogP contribution is 2.23. The normalized spacial score (nSPS) is 11.1. The molecule has 1 amide bonds. The molecule has 1 aromatic rings. The number of nitrogens with one attached hydrogen (secondary N) is 1. The molecule has 0 fully saturated rings. The summed E-state index contributed by atoms with van der Waals surface area (Å²) < 4.78 is 41.2. The molecular weight excluding hydrogens is 235 g/mol. The van der Waals surface area contributed by atoms with E-state index in [1.54, 1.807) is 19.2 Å². The smallest absolute Gasteiger partial charge is 0.471 e. The van der Waals surface area contributed by atoms with Gasteiger partial charge in [-0.3, -0.25) is 4.79 Å². The molecule has 0 saturated carbocycles. The number of halogens is 3. The Morgan fingerprint density at radius 1 is 1.41 bits per heavy atom. The monoisotopic (exact) mass is 247 g/mol. The zero-order valence-corrected chi connectivity index (χ0v) is 9.39. The van der Waals surface area contributed by atoms with Crippen molar-refractivity contribution in [2.75, 3.05) is 11.9 Å². The Balaban J connectivity index is 2.81. The summed E-state index contributed by atoms with van der Waals surface area (Å²) in [5.41, 5.74) is 0.750. The van der Waals surface area contributed by atoms with E-state index in [0.29, 0.717) is 17.9 Å². The summed E-state index contributed by atoms with van der Waals surface area (Å²) in [7, 11) is 0. The number of hydrogen-bond acceptors (Lipinski definition) is 2. The highest BCUT2D eigenvalue weighted by molar-refractivity contribution is 5.95. The zero-order valence-electron chi connectivity index (χ0n) is 9.39. The number of anilines is 1. The van der Waals surface area contributed by atoms with Crippen molar-refractivity contribution in [2.45, 2.75) is 20.0 Å². The van der Waals surface area contributed by atoms with Crippen LogP contribution in [0.5, 0.6) is 5.75 Å². The zero-order chi connectivity index (χ0) is 13.1. The SMILES string of the molecule is CCOc1ccc(NC(=O)C(F)(F)F)cc1C. The maximum Gasteiger partial charge on any atom is 0.471 e. The summed E-state index contributed by atoms with van der Waals surface area (Å²) in [4.78, 5) is 10.7. The molecule has 0 aliphatic carbocycles. The minimum atomic E-state index is -4.88. The van der Waals surface area contributed by atoms with Gasteiger partial charge in [-0.1, -0.05) is 0 Å². The molecule has 0 spiro atoms. The molecule has 0 atom stereocenters. The third-order valence-electron chi connectivity index (χ3n) is 1.99. The summed E-state index contributed by atoms with van der Waals surface area (Å²) in [5, 5.41) is 1.77. The molecule has 0 radical (unpaired) electrons. The second kappa shape index (κ2) is 5.07. The average molecular weight is 247 g/mol. The molecule has 17 heavy (non-hydrogen) atoms. The van der Waals surface area contributed by atoms with Gasteiger partial charge < -0.3 is 10.1 Å². The number of alkyl halides is 3. The predicted octanol–water partition coefficient (Wildman–Crippen LogP) is 2.89. The first kappa shape index (κ1) is 13.3. The fraction of sp³-hybridized carbons (Fsp3) is 0.364. The fourth-order valence-corrected chi connectivity index (χ4v) is 1.25. The van der Waals surface area contributed by atoms with Gasteiger partial charge in [0.25, 0.3) is 0 Å². The van der Waals surface area contributed by atoms with Crippen LogP contribution in [0.3, 0.4) is 0 Å². The Kier molecular flexibility index (Phi) is 3.98. The van der Waals surface area contributed by atoms with Crippen LogP contribution < -0.4 is 10.1 Å². The van der Waals surface area contributed by atoms with E-state index in [1.807, 2.05) is 0 Å². The van der Waals surface area contributed by atoms with Crippen molar-refractivity contribution < 1.29 is 22.7 Å². The summed E-state index contributed by atoms with van der Waals surface area (Å²) >= 11 is 0. The Morgan fingerprint density at radius 3 is 2.53 bits per heavy atom. The molecule has 0 saturated heterocycles. The quantitative estimate of drug-likeness (QED) is 0.891. The van der Waals surface area contributed by atoms with Gasteiger partial charge >= 0.3 is 12.1 Å². The molecule has 0 aliphatic heterocycles. The van der Waals surface area contributed by atoms with Gasteiger partial charge in [-0.2, -0.15) is 13.2 Å².